The van der Waals surface area contributed by atoms with E-state index in [9.17, 15) is 18.6 Å². The first kappa shape index (κ1) is 11.1. The van der Waals surface area contributed by atoms with Gasteiger partial charge in [0.1, 0.15) is 0 Å². The van der Waals surface area contributed by atoms with E-state index in [1.54, 1.807) is 0 Å². The fourth-order valence-corrected chi connectivity index (χ4v) is 1.59. The third kappa shape index (κ3) is 1.94. The van der Waals surface area contributed by atoms with Gasteiger partial charge in [0.05, 0.1) is 0 Å². The van der Waals surface area contributed by atoms with Gasteiger partial charge in [-0.25, -0.2) is 0 Å². The Bertz CT molecular complexity index is 272. The summed E-state index contributed by atoms with van der Waals surface area (Å²) in [6, 6.07) is 0. The normalized spacial score (nSPS) is 24.3. The van der Waals surface area contributed by atoms with Crippen LogP contribution in [0.3, 0.4) is 0 Å². The molecule has 1 aliphatic rings. The Hall–Kier alpha value is -0.930. The van der Waals surface area contributed by atoms with Crippen LogP contribution in [0.25, 0.3) is 0 Å². The first-order chi connectivity index (χ1) is 6.45. The van der Waals surface area contributed by atoms with E-state index < -0.39 is 26.0 Å². The summed E-state index contributed by atoms with van der Waals surface area (Å²) in [5.74, 6) is -3.03. The third-order valence-corrected chi connectivity index (χ3v) is 2.73. The average molecular weight is 235 g/mol. The predicted octanol–water partition coefficient (Wildman–Crippen LogP) is 0.470. The van der Waals surface area contributed by atoms with Crippen LogP contribution in [0.5, 0.6) is 0 Å². The van der Waals surface area contributed by atoms with Gasteiger partial charge in [0.25, 0.3) is 0 Å². The molecular weight excluding hydrogens is 231 g/mol. The number of carbonyl (C=O) groups excluding carboxylic acids is 1. The maximum absolute atomic E-state index is 11.8. The summed E-state index contributed by atoms with van der Waals surface area (Å²) in [6.45, 7) is 0. The molecule has 11 heteroatoms. The second-order valence-electron chi connectivity index (χ2n) is 2.17. The van der Waals surface area contributed by atoms with Gasteiger partial charge in [0.2, 0.25) is 0 Å². The first-order valence-electron chi connectivity index (χ1n) is 3.01. The van der Waals surface area contributed by atoms with Crippen LogP contribution in [0.4, 0.5) is 9.05 Å². The monoisotopic (exact) mass is 235 g/mol. The zero-order chi connectivity index (χ0) is 10.8. The molecule has 1 fully saturated rings. The third-order valence-electron chi connectivity index (χ3n) is 1.11. The Balaban J connectivity index is 2.59. The van der Waals surface area contributed by atoms with E-state index in [1.165, 1.54) is 5.25 Å². The van der Waals surface area contributed by atoms with Crippen molar-refractivity contribution in [3.8, 4) is 0 Å². The number of halogens is 2. The number of hydrogen-bond donors (Lipinski definition) is 2. The quantitative estimate of drug-likeness (QED) is 0.401. The number of rotatable bonds is 5. The molecule has 0 spiro atoms. The van der Waals surface area contributed by atoms with E-state index in [0.29, 0.717) is 0 Å². The van der Waals surface area contributed by atoms with Crippen LogP contribution in [-0.2, 0) is 28.2 Å². The van der Waals surface area contributed by atoms with Gasteiger partial charge in [0, 0.05) is 0 Å². The van der Waals surface area contributed by atoms with E-state index >= 15 is 0 Å². The van der Waals surface area contributed by atoms with Gasteiger partial charge in [-0.05, 0) is 0 Å². The molecule has 1 saturated heterocycles. The van der Waals surface area contributed by atoms with Crippen LogP contribution in [0.15, 0.2) is 0 Å². The molecule has 0 aromatic carbocycles. The van der Waals surface area contributed by atoms with E-state index in [-0.39, 0.29) is 0 Å². The van der Waals surface area contributed by atoms with Gasteiger partial charge in [-0.15, -0.1) is 0 Å². The molecule has 0 saturated carbocycles. The maximum atomic E-state index is 11.8. The molecule has 0 bridgehead atoms. The van der Waals surface area contributed by atoms with E-state index in [1.807, 2.05) is 0 Å². The summed E-state index contributed by atoms with van der Waals surface area (Å²) in [7, 11) is -5.24. The zero-order valence-electron chi connectivity index (χ0n) is 6.31. The molecule has 82 valence electrons. The van der Waals surface area contributed by atoms with Gasteiger partial charge >= 0.3 is 73.6 Å². The van der Waals surface area contributed by atoms with Gasteiger partial charge in [-0.3, -0.25) is 0 Å². The first-order valence-corrected chi connectivity index (χ1v) is 4.92. The van der Waals surface area contributed by atoms with Gasteiger partial charge in [0.15, 0.2) is 0 Å². The van der Waals surface area contributed by atoms with E-state index in [4.69, 9.17) is 5.11 Å². The molecule has 0 radical (unpaired) electrons. The predicted molar refractivity (Wildman–Crippen MR) is 33.9 cm³/mol. The van der Waals surface area contributed by atoms with Crippen LogP contribution < -0.4 is 5.25 Å². The summed E-state index contributed by atoms with van der Waals surface area (Å²) in [5.41, 5.74) is 0. The summed E-state index contributed by atoms with van der Waals surface area (Å²) in [6.07, 6.45) is -1.12. The number of hydrogen-bond acceptors (Lipinski definition) is 7. The van der Waals surface area contributed by atoms with Crippen LogP contribution in [0.2, 0.25) is 0 Å². The van der Waals surface area contributed by atoms with Crippen molar-refractivity contribution in [1.82, 2.24) is 5.25 Å². The van der Waals surface area contributed by atoms with Crippen molar-refractivity contribution < 1.29 is 42.4 Å². The Morgan fingerprint density at radius 1 is 1.43 bits per heavy atom. The number of nitrogens with one attached hydrogen (secondary N) is 1. The van der Waals surface area contributed by atoms with Crippen molar-refractivity contribution in [3.05, 3.63) is 0 Å². The number of carbonyl (C=O) groups is 2. The fraction of sp³-hybridized carbons (Fsp3) is 0.333. The molecule has 1 heterocycles. The van der Waals surface area contributed by atoms with Crippen molar-refractivity contribution in [3.63, 3.8) is 0 Å². The summed E-state index contributed by atoms with van der Waals surface area (Å²) in [5, 5.41) is 9.58. The number of carboxylic acid groups (broad SMARTS) is 1. The molecule has 0 atom stereocenters. The van der Waals surface area contributed by atoms with Crippen LogP contribution in [0.1, 0.15) is 6.42 Å². The van der Waals surface area contributed by atoms with Crippen LogP contribution in [-0.4, -0.2) is 17.0 Å². The molecule has 8 nitrogen and oxygen atoms in total. The number of carboxylic acids is 1. The van der Waals surface area contributed by atoms with Crippen molar-refractivity contribution in [2.24, 2.45) is 0 Å². The molecule has 0 aliphatic carbocycles. The zero-order valence-corrected chi connectivity index (χ0v) is 7.20. The standard InChI is InChI=1S/C3H4F2NO7P/c4-11-14(12-5,6-13-14)10-3(9)1-2(7)8/h6H,1H2,(H,7,8). The fourth-order valence-electron chi connectivity index (χ4n) is 0.514. The van der Waals surface area contributed by atoms with Crippen molar-refractivity contribution in [1.29, 1.82) is 0 Å². The summed E-state index contributed by atoms with van der Waals surface area (Å²) < 4.78 is 37.2. The van der Waals surface area contributed by atoms with Crippen molar-refractivity contribution >= 4 is 19.6 Å². The number of aliphatic carboxylic acids is 1. The van der Waals surface area contributed by atoms with Gasteiger partial charge in [-0.2, -0.15) is 0 Å². The summed E-state index contributed by atoms with van der Waals surface area (Å²) in [4.78, 5) is 20.6. The Morgan fingerprint density at radius 3 is 2.21 bits per heavy atom. The molecule has 1 rings (SSSR count). The Labute approximate surface area is 74.7 Å². The molecular formula is C3H4F2NO7P. The van der Waals surface area contributed by atoms with Crippen molar-refractivity contribution in [2.45, 2.75) is 6.42 Å². The van der Waals surface area contributed by atoms with Crippen LogP contribution >= 0.6 is 7.66 Å². The van der Waals surface area contributed by atoms with Gasteiger partial charge in [-0.1, -0.05) is 0 Å². The van der Waals surface area contributed by atoms with Crippen LogP contribution in [0, 0.1) is 0 Å². The second kappa shape index (κ2) is 3.33. The van der Waals surface area contributed by atoms with E-state index in [0.717, 1.165) is 0 Å². The molecule has 0 unspecified atom stereocenters. The average Bonchev–Trinajstić information content (AvgIpc) is 2.82. The molecule has 0 aromatic rings. The minimum absolute atomic E-state index is 1.12. The van der Waals surface area contributed by atoms with Gasteiger partial charge < -0.3 is 0 Å². The molecule has 1 aliphatic heterocycles. The molecule has 0 aromatic heterocycles. The van der Waals surface area contributed by atoms with Crippen molar-refractivity contribution in [2.75, 3.05) is 0 Å². The topological polar surface area (TPSA) is 117 Å². The molecule has 2 N–H and O–H groups in total. The molecule has 14 heavy (non-hydrogen) atoms. The second-order valence-corrected chi connectivity index (χ2v) is 4.62. The van der Waals surface area contributed by atoms with E-state index in [2.05, 4.69) is 18.6 Å². The Kier molecular flexibility index (Phi) is 2.65. The summed E-state index contributed by atoms with van der Waals surface area (Å²) >= 11 is 0. The Morgan fingerprint density at radius 2 is 1.93 bits per heavy atom. The molecule has 0 amide bonds. The minimum atomic E-state index is -5.24. The SMILES string of the molecule is O=C(O)CC(=O)OP1(OF)(OF)NO1.